The molecular weight excluding hydrogens is 312 g/mol. The van der Waals surface area contributed by atoms with Crippen LogP contribution in [-0.2, 0) is 0 Å². The quantitative estimate of drug-likeness (QED) is 0.765. The number of hydrogen-bond donors (Lipinski definition) is 2. The van der Waals surface area contributed by atoms with E-state index in [9.17, 15) is 13.6 Å². The summed E-state index contributed by atoms with van der Waals surface area (Å²) in [4.78, 5) is 12.3. The third-order valence-electron chi connectivity index (χ3n) is 3.68. The number of aromatic amines is 1. The number of carbonyl (C=O) groups is 1. The first-order valence-corrected chi connectivity index (χ1v) is 7.40. The monoisotopic (exact) mass is 327 g/mol. The van der Waals surface area contributed by atoms with Crippen LogP contribution >= 0.6 is 0 Å². The summed E-state index contributed by atoms with van der Waals surface area (Å²) in [5.41, 5.74) is 2.35. The molecule has 0 aliphatic rings. The van der Waals surface area contributed by atoms with Gasteiger partial charge in [0.1, 0.15) is 17.3 Å². The molecule has 0 saturated carbocycles. The molecule has 0 radical (unpaired) electrons. The van der Waals surface area contributed by atoms with Crippen molar-refractivity contribution >= 4 is 5.91 Å². The molecule has 24 heavy (non-hydrogen) atoms. The van der Waals surface area contributed by atoms with E-state index in [-0.39, 0.29) is 23.6 Å². The van der Waals surface area contributed by atoms with E-state index in [2.05, 4.69) is 15.5 Å². The van der Waals surface area contributed by atoms with Gasteiger partial charge < -0.3 is 5.32 Å². The lowest BCUT2D eigenvalue weighted by Gasteiger charge is -2.13. The Bertz CT molecular complexity index is 841. The van der Waals surface area contributed by atoms with Crippen LogP contribution in [0.5, 0.6) is 0 Å². The van der Waals surface area contributed by atoms with Gasteiger partial charge in [-0.25, -0.2) is 8.78 Å². The molecule has 0 aliphatic heterocycles. The maximum atomic E-state index is 12.9. The first-order valence-electron chi connectivity index (χ1n) is 7.40. The van der Waals surface area contributed by atoms with Gasteiger partial charge in [-0.2, -0.15) is 5.10 Å². The molecule has 0 unspecified atom stereocenters. The highest BCUT2D eigenvalue weighted by molar-refractivity contribution is 5.93. The Balaban J connectivity index is 1.71. The fourth-order valence-corrected chi connectivity index (χ4v) is 2.32. The number of halogens is 2. The minimum absolute atomic E-state index is 0.282. The number of H-pyrrole nitrogens is 1. The molecule has 1 amide bonds. The number of amides is 1. The highest BCUT2D eigenvalue weighted by Crippen LogP contribution is 2.19. The molecule has 1 heterocycles. The van der Waals surface area contributed by atoms with E-state index < -0.39 is 0 Å². The minimum atomic E-state index is -0.333. The fraction of sp³-hybridized carbons (Fsp3) is 0.111. The Kier molecular flexibility index (Phi) is 4.37. The van der Waals surface area contributed by atoms with Gasteiger partial charge in [-0.3, -0.25) is 9.89 Å². The van der Waals surface area contributed by atoms with Crippen molar-refractivity contribution in [2.75, 3.05) is 0 Å². The van der Waals surface area contributed by atoms with Crippen molar-refractivity contribution in [3.05, 3.63) is 77.5 Å². The topological polar surface area (TPSA) is 57.8 Å². The molecule has 0 spiro atoms. The molecular formula is C18H15F2N3O. The van der Waals surface area contributed by atoms with Crippen LogP contribution in [0, 0.1) is 11.6 Å². The second-order valence-electron chi connectivity index (χ2n) is 5.42. The molecule has 1 aromatic heterocycles. The van der Waals surface area contributed by atoms with Crippen molar-refractivity contribution in [2.45, 2.75) is 13.0 Å². The first-order chi connectivity index (χ1) is 11.5. The Morgan fingerprint density at radius 3 is 2.25 bits per heavy atom. The molecule has 3 rings (SSSR count). The van der Waals surface area contributed by atoms with Crippen molar-refractivity contribution in [2.24, 2.45) is 0 Å². The van der Waals surface area contributed by atoms with Crippen LogP contribution in [0.4, 0.5) is 8.78 Å². The zero-order valence-corrected chi connectivity index (χ0v) is 12.9. The van der Waals surface area contributed by atoms with Gasteiger partial charge in [-0.05, 0) is 55.0 Å². The van der Waals surface area contributed by atoms with Crippen LogP contribution in [0.1, 0.15) is 29.0 Å². The fourth-order valence-electron chi connectivity index (χ4n) is 2.32. The lowest BCUT2D eigenvalue weighted by atomic mass is 10.1. The molecule has 0 bridgehead atoms. The maximum absolute atomic E-state index is 12.9. The molecule has 1 atom stereocenters. The lowest BCUT2D eigenvalue weighted by Crippen LogP contribution is -2.26. The second kappa shape index (κ2) is 6.62. The number of hydrogen-bond acceptors (Lipinski definition) is 2. The van der Waals surface area contributed by atoms with E-state index in [1.807, 2.05) is 6.92 Å². The standard InChI is InChI=1S/C18H15F2N3O/c1-11(12-2-6-14(19)7-3-12)21-18(24)17-10-16(22-23-17)13-4-8-15(20)9-5-13/h2-11H,1H3,(H,21,24)(H,22,23)/t11-/m0/s1. The Labute approximate surface area is 137 Å². The predicted molar refractivity (Wildman–Crippen MR) is 86.3 cm³/mol. The van der Waals surface area contributed by atoms with Crippen LogP contribution < -0.4 is 5.32 Å². The van der Waals surface area contributed by atoms with Gasteiger partial charge in [0.25, 0.3) is 5.91 Å². The van der Waals surface area contributed by atoms with Gasteiger partial charge in [0, 0.05) is 5.56 Å². The summed E-state index contributed by atoms with van der Waals surface area (Å²) in [6, 6.07) is 13.1. The van der Waals surface area contributed by atoms with E-state index in [4.69, 9.17) is 0 Å². The number of aromatic nitrogens is 2. The number of nitrogens with zero attached hydrogens (tertiary/aromatic N) is 1. The third kappa shape index (κ3) is 3.48. The van der Waals surface area contributed by atoms with Gasteiger partial charge in [-0.1, -0.05) is 12.1 Å². The summed E-state index contributed by atoms with van der Waals surface area (Å²) in [6.45, 7) is 1.81. The van der Waals surface area contributed by atoms with Gasteiger partial charge >= 0.3 is 0 Å². The Morgan fingerprint density at radius 2 is 1.62 bits per heavy atom. The van der Waals surface area contributed by atoms with Crippen molar-refractivity contribution in [1.82, 2.24) is 15.5 Å². The van der Waals surface area contributed by atoms with Crippen molar-refractivity contribution in [3.8, 4) is 11.3 Å². The lowest BCUT2D eigenvalue weighted by molar-refractivity contribution is 0.0935. The van der Waals surface area contributed by atoms with Crippen molar-refractivity contribution < 1.29 is 13.6 Å². The summed E-state index contributed by atoms with van der Waals surface area (Å²) in [5, 5.41) is 9.55. The molecule has 0 aliphatic carbocycles. The van der Waals surface area contributed by atoms with Crippen molar-refractivity contribution in [3.63, 3.8) is 0 Å². The zero-order chi connectivity index (χ0) is 17.1. The second-order valence-corrected chi connectivity index (χ2v) is 5.42. The molecule has 4 nitrogen and oxygen atoms in total. The van der Waals surface area contributed by atoms with Gasteiger partial charge in [0.2, 0.25) is 0 Å². The molecule has 6 heteroatoms. The van der Waals surface area contributed by atoms with Gasteiger partial charge in [0.15, 0.2) is 0 Å². The minimum Gasteiger partial charge on any atom is -0.344 e. The van der Waals surface area contributed by atoms with Crippen LogP contribution in [0.25, 0.3) is 11.3 Å². The smallest absolute Gasteiger partial charge is 0.269 e. The molecule has 3 aromatic rings. The molecule has 2 N–H and O–H groups in total. The van der Waals surface area contributed by atoms with Gasteiger partial charge in [0.05, 0.1) is 11.7 Å². The average Bonchev–Trinajstić information content (AvgIpc) is 3.06. The van der Waals surface area contributed by atoms with Crippen molar-refractivity contribution in [1.29, 1.82) is 0 Å². The summed E-state index contributed by atoms with van der Waals surface area (Å²) in [5.74, 6) is -0.983. The molecule has 0 fully saturated rings. The normalized spacial score (nSPS) is 12.0. The number of nitrogens with one attached hydrogen (secondary N) is 2. The highest BCUT2D eigenvalue weighted by atomic mass is 19.1. The summed E-state index contributed by atoms with van der Waals surface area (Å²) >= 11 is 0. The third-order valence-corrected chi connectivity index (χ3v) is 3.68. The van der Waals surface area contributed by atoms with Crippen LogP contribution in [-0.4, -0.2) is 16.1 Å². The van der Waals surface area contributed by atoms with E-state index in [1.165, 1.54) is 24.3 Å². The SMILES string of the molecule is C[C@H](NC(=O)c1cc(-c2ccc(F)cc2)n[nH]1)c1ccc(F)cc1. The van der Waals surface area contributed by atoms with Crippen LogP contribution in [0.3, 0.4) is 0 Å². The number of benzene rings is 2. The molecule has 0 saturated heterocycles. The van der Waals surface area contributed by atoms with E-state index in [1.54, 1.807) is 30.3 Å². The average molecular weight is 327 g/mol. The number of rotatable bonds is 4. The number of carbonyl (C=O) groups excluding carboxylic acids is 1. The maximum Gasteiger partial charge on any atom is 0.269 e. The van der Waals surface area contributed by atoms with E-state index >= 15 is 0 Å². The summed E-state index contributed by atoms with van der Waals surface area (Å²) in [6.07, 6.45) is 0. The van der Waals surface area contributed by atoms with E-state index in [0.717, 1.165) is 5.56 Å². The van der Waals surface area contributed by atoms with Gasteiger partial charge in [-0.15, -0.1) is 0 Å². The first kappa shape index (κ1) is 15.9. The largest absolute Gasteiger partial charge is 0.344 e. The summed E-state index contributed by atoms with van der Waals surface area (Å²) in [7, 11) is 0. The molecule has 122 valence electrons. The predicted octanol–water partition coefficient (Wildman–Crippen LogP) is 3.85. The van der Waals surface area contributed by atoms with Crippen LogP contribution in [0.15, 0.2) is 54.6 Å². The Hall–Kier alpha value is -3.02. The molecule has 2 aromatic carbocycles. The highest BCUT2D eigenvalue weighted by Gasteiger charge is 2.14. The van der Waals surface area contributed by atoms with E-state index in [0.29, 0.717) is 17.0 Å². The Morgan fingerprint density at radius 1 is 1.04 bits per heavy atom. The van der Waals surface area contributed by atoms with Crippen LogP contribution in [0.2, 0.25) is 0 Å². The summed E-state index contributed by atoms with van der Waals surface area (Å²) < 4.78 is 25.9. The zero-order valence-electron chi connectivity index (χ0n) is 12.9.